The smallest absolute Gasteiger partial charge is 0.326 e. The van der Waals surface area contributed by atoms with Crippen LogP contribution in [0.5, 0.6) is 0 Å². The zero-order valence-corrected chi connectivity index (χ0v) is 16.5. The quantitative estimate of drug-likeness (QED) is 0.491. The maximum absolute atomic E-state index is 12.3. The Morgan fingerprint density at radius 2 is 1.69 bits per heavy atom. The van der Waals surface area contributed by atoms with Gasteiger partial charge in [-0.05, 0) is 43.4 Å². The molecular formula is C19H35N3O4. The number of carboxylic acids is 1. The summed E-state index contributed by atoms with van der Waals surface area (Å²) in [6.07, 6.45) is 3.98. The Balaban J connectivity index is 2.39. The highest BCUT2D eigenvalue weighted by molar-refractivity contribution is 5.85. The first-order chi connectivity index (χ1) is 12.2. The predicted molar refractivity (Wildman–Crippen MR) is 100 cm³/mol. The Morgan fingerprint density at radius 3 is 2.15 bits per heavy atom. The van der Waals surface area contributed by atoms with Gasteiger partial charge in [0.1, 0.15) is 6.04 Å². The van der Waals surface area contributed by atoms with E-state index in [4.69, 9.17) is 5.73 Å². The second kappa shape index (κ2) is 10.5. The van der Waals surface area contributed by atoms with Crippen molar-refractivity contribution in [2.24, 2.45) is 29.4 Å². The van der Waals surface area contributed by atoms with Crippen molar-refractivity contribution >= 4 is 17.8 Å². The standard InChI is InChI=1S/C19H35N3O4/c1-5-12(4)15(20)18(24)21-10-13-6-8-14(9-7-13)17(23)22-16(11(2)3)19(25)26/h11-16H,5-10,20H2,1-4H3,(H,21,24)(H,22,23)(H,25,26)/t12?,13?,14?,15-,16+/m0/s1. The van der Waals surface area contributed by atoms with Crippen LogP contribution in [0, 0.1) is 23.7 Å². The second-order valence-corrected chi connectivity index (χ2v) is 7.94. The fraction of sp³-hybridized carbons (Fsp3) is 0.842. The molecule has 0 bridgehead atoms. The highest BCUT2D eigenvalue weighted by atomic mass is 16.4. The third-order valence-electron chi connectivity index (χ3n) is 5.57. The lowest BCUT2D eigenvalue weighted by Crippen LogP contribution is -2.48. The molecule has 0 aliphatic heterocycles. The van der Waals surface area contributed by atoms with Crippen LogP contribution in [-0.4, -0.2) is 41.5 Å². The monoisotopic (exact) mass is 369 g/mol. The number of amides is 2. The summed E-state index contributed by atoms with van der Waals surface area (Å²) in [5.41, 5.74) is 5.93. The Hall–Kier alpha value is -1.63. The molecule has 1 aliphatic carbocycles. The molecule has 0 aromatic rings. The Labute approximate surface area is 156 Å². The summed E-state index contributed by atoms with van der Waals surface area (Å²) in [7, 11) is 0. The molecule has 0 radical (unpaired) electrons. The van der Waals surface area contributed by atoms with Crippen molar-refractivity contribution in [2.75, 3.05) is 6.54 Å². The molecule has 0 heterocycles. The fourth-order valence-corrected chi connectivity index (χ4v) is 3.29. The van der Waals surface area contributed by atoms with Gasteiger partial charge in [0.15, 0.2) is 0 Å². The highest BCUT2D eigenvalue weighted by Gasteiger charge is 2.31. The van der Waals surface area contributed by atoms with Crippen LogP contribution in [0.1, 0.15) is 59.8 Å². The summed E-state index contributed by atoms with van der Waals surface area (Å²) in [6.45, 7) is 8.13. The van der Waals surface area contributed by atoms with Gasteiger partial charge in [0, 0.05) is 12.5 Å². The average molecular weight is 370 g/mol. The van der Waals surface area contributed by atoms with Gasteiger partial charge in [0.25, 0.3) is 0 Å². The highest BCUT2D eigenvalue weighted by Crippen LogP contribution is 2.28. The Morgan fingerprint density at radius 1 is 1.12 bits per heavy atom. The number of nitrogens with one attached hydrogen (secondary N) is 2. The van der Waals surface area contributed by atoms with Gasteiger partial charge in [0.2, 0.25) is 11.8 Å². The molecule has 1 unspecified atom stereocenters. The molecule has 7 nitrogen and oxygen atoms in total. The van der Waals surface area contributed by atoms with Gasteiger partial charge in [0.05, 0.1) is 6.04 Å². The third-order valence-corrected chi connectivity index (χ3v) is 5.57. The molecule has 1 saturated carbocycles. The minimum Gasteiger partial charge on any atom is -0.480 e. The molecule has 7 heteroatoms. The molecule has 0 spiro atoms. The summed E-state index contributed by atoms with van der Waals surface area (Å²) in [4.78, 5) is 35.6. The van der Waals surface area contributed by atoms with E-state index in [0.717, 1.165) is 19.3 Å². The van der Waals surface area contributed by atoms with Crippen LogP contribution in [0.3, 0.4) is 0 Å². The molecule has 3 atom stereocenters. The fourth-order valence-electron chi connectivity index (χ4n) is 3.29. The van der Waals surface area contributed by atoms with Crippen molar-refractivity contribution in [1.82, 2.24) is 10.6 Å². The van der Waals surface area contributed by atoms with Gasteiger partial charge >= 0.3 is 5.97 Å². The predicted octanol–water partition coefficient (Wildman–Crippen LogP) is 1.51. The maximum Gasteiger partial charge on any atom is 0.326 e. The number of hydrogen-bond acceptors (Lipinski definition) is 4. The minimum absolute atomic E-state index is 0.111. The van der Waals surface area contributed by atoms with Crippen molar-refractivity contribution in [2.45, 2.75) is 71.9 Å². The van der Waals surface area contributed by atoms with Crippen LogP contribution in [-0.2, 0) is 14.4 Å². The second-order valence-electron chi connectivity index (χ2n) is 7.94. The molecule has 1 rings (SSSR count). The number of hydrogen-bond donors (Lipinski definition) is 4. The van der Waals surface area contributed by atoms with Gasteiger partial charge in [-0.25, -0.2) is 4.79 Å². The SMILES string of the molecule is CCC(C)[C@H](N)C(=O)NCC1CCC(C(=O)N[C@@H](C(=O)O)C(C)C)CC1. The molecular weight excluding hydrogens is 334 g/mol. The largest absolute Gasteiger partial charge is 0.480 e. The van der Waals surface area contributed by atoms with E-state index < -0.39 is 18.1 Å². The van der Waals surface area contributed by atoms with Crippen LogP contribution < -0.4 is 16.4 Å². The van der Waals surface area contributed by atoms with Gasteiger partial charge in [-0.3, -0.25) is 9.59 Å². The van der Waals surface area contributed by atoms with E-state index in [1.54, 1.807) is 13.8 Å². The van der Waals surface area contributed by atoms with E-state index in [0.29, 0.717) is 25.3 Å². The van der Waals surface area contributed by atoms with E-state index in [-0.39, 0.29) is 29.6 Å². The van der Waals surface area contributed by atoms with Crippen molar-refractivity contribution < 1.29 is 19.5 Å². The van der Waals surface area contributed by atoms with Crippen molar-refractivity contribution in [3.05, 3.63) is 0 Å². The molecule has 1 aliphatic rings. The van der Waals surface area contributed by atoms with E-state index in [1.165, 1.54) is 0 Å². The molecule has 1 fully saturated rings. The van der Waals surface area contributed by atoms with Gasteiger partial charge in [-0.2, -0.15) is 0 Å². The van der Waals surface area contributed by atoms with E-state index in [1.807, 2.05) is 13.8 Å². The maximum atomic E-state index is 12.3. The number of nitrogens with two attached hydrogens (primary N) is 1. The summed E-state index contributed by atoms with van der Waals surface area (Å²) >= 11 is 0. The molecule has 0 aromatic carbocycles. The molecule has 0 saturated heterocycles. The molecule has 0 aromatic heterocycles. The molecule has 150 valence electrons. The van der Waals surface area contributed by atoms with Crippen LogP contribution in [0.15, 0.2) is 0 Å². The van der Waals surface area contributed by atoms with Gasteiger partial charge < -0.3 is 21.5 Å². The van der Waals surface area contributed by atoms with Gasteiger partial charge in [-0.1, -0.05) is 34.1 Å². The zero-order valence-electron chi connectivity index (χ0n) is 16.5. The summed E-state index contributed by atoms with van der Waals surface area (Å²) in [6, 6.07) is -1.33. The zero-order chi connectivity index (χ0) is 19.9. The third kappa shape index (κ3) is 6.59. The lowest BCUT2D eigenvalue weighted by atomic mass is 9.81. The van der Waals surface area contributed by atoms with E-state index >= 15 is 0 Å². The van der Waals surface area contributed by atoms with Crippen LogP contribution in [0.4, 0.5) is 0 Å². The summed E-state index contributed by atoms with van der Waals surface area (Å²) < 4.78 is 0. The first-order valence-corrected chi connectivity index (χ1v) is 9.73. The first-order valence-electron chi connectivity index (χ1n) is 9.73. The summed E-state index contributed by atoms with van der Waals surface area (Å²) in [5.74, 6) is -1.09. The average Bonchev–Trinajstić information content (AvgIpc) is 2.62. The summed E-state index contributed by atoms with van der Waals surface area (Å²) in [5, 5.41) is 14.8. The topological polar surface area (TPSA) is 122 Å². The normalized spacial score (nSPS) is 23.8. The number of rotatable bonds is 9. The van der Waals surface area contributed by atoms with E-state index in [2.05, 4.69) is 10.6 Å². The Bertz CT molecular complexity index is 487. The number of carbonyl (C=O) groups is 3. The molecule has 5 N–H and O–H groups in total. The number of aliphatic carboxylic acids is 1. The van der Waals surface area contributed by atoms with Gasteiger partial charge in [-0.15, -0.1) is 0 Å². The lowest BCUT2D eigenvalue weighted by Gasteiger charge is -2.29. The van der Waals surface area contributed by atoms with Crippen LogP contribution in [0.25, 0.3) is 0 Å². The Kier molecular flexibility index (Phi) is 9.05. The van der Waals surface area contributed by atoms with Crippen LogP contribution >= 0.6 is 0 Å². The lowest BCUT2D eigenvalue weighted by molar-refractivity contribution is -0.144. The number of carbonyl (C=O) groups excluding carboxylic acids is 2. The minimum atomic E-state index is -0.998. The van der Waals surface area contributed by atoms with E-state index in [9.17, 15) is 19.5 Å². The molecule has 26 heavy (non-hydrogen) atoms. The first kappa shape index (κ1) is 22.4. The van der Waals surface area contributed by atoms with Crippen molar-refractivity contribution in [1.29, 1.82) is 0 Å². The number of carboxylic acid groups (broad SMARTS) is 1. The van der Waals surface area contributed by atoms with Crippen molar-refractivity contribution in [3.63, 3.8) is 0 Å². The molecule has 2 amide bonds. The van der Waals surface area contributed by atoms with Crippen LogP contribution in [0.2, 0.25) is 0 Å². The van der Waals surface area contributed by atoms with Crippen molar-refractivity contribution in [3.8, 4) is 0 Å².